The van der Waals surface area contributed by atoms with Gasteiger partial charge in [0.15, 0.2) is 12.6 Å². The normalized spacial score (nSPS) is 50.5. The molecule has 0 aromatic carbocycles. The third-order valence-electron chi connectivity index (χ3n) is 4.19. The van der Waals surface area contributed by atoms with Gasteiger partial charge in [0.2, 0.25) is 0 Å². The fraction of sp³-hybridized carbons (Fsp3) is 1.00. The molecule has 2 aliphatic heterocycles. The van der Waals surface area contributed by atoms with Crippen molar-refractivity contribution in [3.63, 3.8) is 0 Å². The SMILES string of the molecule is OCC1OC(OC2C(CO)OC(O)C(O)C2O)C(O)CC(O)C1O. The van der Waals surface area contributed by atoms with Gasteiger partial charge in [-0.05, 0) is 0 Å². The van der Waals surface area contributed by atoms with Gasteiger partial charge in [-0.25, -0.2) is 0 Å². The summed E-state index contributed by atoms with van der Waals surface area (Å²) in [6, 6.07) is 0. The number of hydrogen-bond acceptors (Lipinski definition) is 11. The average Bonchev–Trinajstić information content (AvgIpc) is 2.66. The molecule has 0 spiro atoms. The minimum atomic E-state index is -1.73. The van der Waals surface area contributed by atoms with Crippen LogP contribution in [0.15, 0.2) is 0 Å². The molecular formula is C13H24O11. The average molecular weight is 356 g/mol. The summed E-state index contributed by atoms with van der Waals surface area (Å²) in [6.45, 7) is -1.33. The van der Waals surface area contributed by atoms with E-state index >= 15 is 0 Å². The number of rotatable bonds is 4. The molecule has 0 aromatic heterocycles. The first-order valence-corrected chi connectivity index (χ1v) is 7.56. The van der Waals surface area contributed by atoms with Crippen molar-refractivity contribution in [2.24, 2.45) is 0 Å². The maximum Gasteiger partial charge on any atom is 0.184 e. The molecule has 8 N–H and O–H groups in total. The van der Waals surface area contributed by atoms with Crippen LogP contribution in [0.1, 0.15) is 6.42 Å². The van der Waals surface area contributed by atoms with E-state index in [0.29, 0.717) is 0 Å². The van der Waals surface area contributed by atoms with Crippen molar-refractivity contribution in [3.05, 3.63) is 0 Å². The molecule has 11 nitrogen and oxygen atoms in total. The Bertz CT molecular complexity index is 394. The van der Waals surface area contributed by atoms with E-state index in [0.717, 1.165) is 0 Å². The largest absolute Gasteiger partial charge is 0.394 e. The Hall–Kier alpha value is -0.440. The molecule has 24 heavy (non-hydrogen) atoms. The van der Waals surface area contributed by atoms with Crippen LogP contribution in [-0.4, -0.2) is 115 Å². The minimum Gasteiger partial charge on any atom is -0.394 e. The lowest BCUT2D eigenvalue weighted by Gasteiger charge is -2.41. The van der Waals surface area contributed by atoms with E-state index in [9.17, 15) is 40.9 Å². The molecule has 0 saturated carbocycles. The molecule has 10 atom stereocenters. The number of aliphatic hydroxyl groups excluding tert-OH is 8. The molecule has 11 heteroatoms. The standard InChI is InChI=1S/C13H24O11/c14-2-6-8(18)4(16)1-5(17)13(23-6)24-11-7(3-15)22-12(21)10(20)9(11)19/h4-21H,1-3H2. The lowest BCUT2D eigenvalue weighted by Crippen LogP contribution is -2.61. The molecule has 2 rings (SSSR count). The van der Waals surface area contributed by atoms with E-state index in [1.807, 2.05) is 0 Å². The van der Waals surface area contributed by atoms with Crippen molar-refractivity contribution in [1.82, 2.24) is 0 Å². The Morgan fingerprint density at radius 1 is 0.750 bits per heavy atom. The molecule has 10 unspecified atom stereocenters. The van der Waals surface area contributed by atoms with E-state index < -0.39 is 74.6 Å². The van der Waals surface area contributed by atoms with Crippen molar-refractivity contribution in [1.29, 1.82) is 0 Å². The second-order valence-electron chi connectivity index (χ2n) is 5.92. The zero-order valence-corrected chi connectivity index (χ0v) is 12.7. The van der Waals surface area contributed by atoms with Gasteiger partial charge in [0.1, 0.15) is 42.7 Å². The van der Waals surface area contributed by atoms with Crippen molar-refractivity contribution < 1.29 is 55.1 Å². The monoisotopic (exact) mass is 356 g/mol. The molecule has 2 saturated heterocycles. The highest BCUT2D eigenvalue weighted by Crippen LogP contribution is 2.27. The summed E-state index contributed by atoms with van der Waals surface area (Å²) in [7, 11) is 0. The van der Waals surface area contributed by atoms with Gasteiger partial charge in [0.05, 0.1) is 19.3 Å². The van der Waals surface area contributed by atoms with Gasteiger partial charge in [0.25, 0.3) is 0 Å². The summed E-state index contributed by atoms with van der Waals surface area (Å²) >= 11 is 0. The van der Waals surface area contributed by atoms with Crippen LogP contribution in [0.3, 0.4) is 0 Å². The van der Waals surface area contributed by atoms with Crippen molar-refractivity contribution in [2.45, 2.75) is 67.8 Å². The lowest BCUT2D eigenvalue weighted by molar-refractivity contribution is -0.331. The van der Waals surface area contributed by atoms with Gasteiger partial charge in [-0.15, -0.1) is 0 Å². The van der Waals surface area contributed by atoms with Crippen molar-refractivity contribution >= 4 is 0 Å². The van der Waals surface area contributed by atoms with Crippen LogP contribution in [0.4, 0.5) is 0 Å². The second kappa shape index (κ2) is 8.29. The van der Waals surface area contributed by atoms with Crippen molar-refractivity contribution in [2.75, 3.05) is 13.2 Å². The molecule has 0 bridgehead atoms. The second-order valence-corrected chi connectivity index (χ2v) is 5.92. The third-order valence-corrected chi connectivity index (χ3v) is 4.19. The summed E-state index contributed by atoms with van der Waals surface area (Å²) in [4.78, 5) is 0. The van der Waals surface area contributed by atoms with E-state index in [-0.39, 0.29) is 6.42 Å². The number of aliphatic hydroxyl groups is 8. The van der Waals surface area contributed by atoms with Crippen LogP contribution in [0.2, 0.25) is 0 Å². The molecule has 2 heterocycles. The Morgan fingerprint density at radius 2 is 1.38 bits per heavy atom. The molecule has 2 fully saturated rings. The minimum absolute atomic E-state index is 0.332. The maximum atomic E-state index is 10.0. The Labute approximate surface area is 137 Å². The maximum absolute atomic E-state index is 10.0. The van der Waals surface area contributed by atoms with Gasteiger partial charge >= 0.3 is 0 Å². The molecule has 0 aromatic rings. The van der Waals surface area contributed by atoms with E-state index in [1.165, 1.54) is 0 Å². The van der Waals surface area contributed by atoms with E-state index in [4.69, 9.17) is 14.2 Å². The Kier molecular flexibility index (Phi) is 6.87. The van der Waals surface area contributed by atoms with Gasteiger partial charge in [-0.3, -0.25) is 0 Å². The molecule has 0 amide bonds. The molecule has 0 aliphatic carbocycles. The molecule has 2 aliphatic rings. The number of hydrogen-bond donors (Lipinski definition) is 8. The Balaban J connectivity index is 2.14. The molecule has 0 radical (unpaired) electrons. The third kappa shape index (κ3) is 4.03. The highest BCUT2D eigenvalue weighted by molar-refractivity contribution is 4.91. The zero-order valence-electron chi connectivity index (χ0n) is 12.7. The highest BCUT2D eigenvalue weighted by atomic mass is 16.7. The van der Waals surface area contributed by atoms with Crippen molar-refractivity contribution in [3.8, 4) is 0 Å². The van der Waals surface area contributed by atoms with Crippen LogP contribution in [0.25, 0.3) is 0 Å². The first-order valence-electron chi connectivity index (χ1n) is 7.56. The first-order chi connectivity index (χ1) is 11.3. The predicted octanol–water partition coefficient (Wildman–Crippen LogP) is -5.01. The van der Waals surface area contributed by atoms with Gasteiger partial charge < -0.3 is 55.1 Å². The van der Waals surface area contributed by atoms with Crippen LogP contribution < -0.4 is 0 Å². The fourth-order valence-corrected chi connectivity index (χ4v) is 2.75. The highest BCUT2D eigenvalue weighted by Gasteiger charge is 2.47. The first kappa shape index (κ1) is 19.9. The smallest absolute Gasteiger partial charge is 0.184 e. The summed E-state index contributed by atoms with van der Waals surface area (Å²) < 4.78 is 15.5. The molecule has 142 valence electrons. The van der Waals surface area contributed by atoms with Crippen LogP contribution in [0, 0.1) is 0 Å². The van der Waals surface area contributed by atoms with Gasteiger partial charge in [0, 0.05) is 6.42 Å². The number of ether oxygens (including phenoxy) is 3. The van der Waals surface area contributed by atoms with Crippen LogP contribution in [-0.2, 0) is 14.2 Å². The summed E-state index contributed by atoms with van der Waals surface area (Å²) in [5, 5.41) is 77.2. The van der Waals surface area contributed by atoms with Gasteiger partial charge in [-0.2, -0.15) is 0 Å². The Morgan fingerprint density at radius 3 is 1.96 bits per heavy atom. The van der Waals surface area contributed by atoms with Crippen LogP contribution >= 0.6 is 0 Å². The predicted molar refractivity (Wildman–Crippen MR) is 73.2 cm³/mol. The lowest BCUT2D eigenvalue weighted by atomic mass is 9.99. The van der Waals surface area contributed by atoms with Gasteiger partial charge in [-0.1, -0.05) is 0 Å². The summed E-state index contributed by atoms with van der Waals surface area (Å²) in [6.07, 6.45) is -15.1. The van der Waals surface area contributed by atoms with E-state index in [2.05, 4.69) is 0 Å². The fourth-order valence-electron chi connectivity index (χ4n) is 2.75. The quantitative estimate of drug-likeness (QED) is 0.241. The van der Waals surface area contributed by atoms with E-state index in [1.54, 1.807) is 0 Å². The van der Waals surface area contributed by atoms with Crippen LogP contribution in [0.5, 0.6) is 0 Å². The summed E-state index contributed by atoms with van der Waals surface area (Å²) in [5.74, 6) is 0. The summed E-state index contributed by atoms with van der Waals surface area (Å²) in [5.41, 5.74) is 0. The molecular weight excluding hydrogens is 332 g/mol. The zero-order chi connectivity index (χ0) is 18.0. The topological polar surface area (TPSA) is 190 Å².